The van der Waals surface area contributed by atoms with Crippen LogP contribution in [0.2, 0.25) is 0 Å². The molecular weight excluding hydrogens is 191 g/mol. The topological polar surface area (TPSA) is 0 Å². The third kappa shape index (κ3) is 2.17. The highest BCUT2D eigenvalue weighted by molar-refractivity contribution is 8.15. The smallest absolute Gasteiger partial charge is 0.128 e. The van der Waals surface area contributed by atoms with Crippen LogP contribution in [0, 0.1) is 5.82 Å². The van der Waals surface area contributed by atoms with Crippen molar-refractivity contribution in [3.63, 3.8) is 0 Å². The van der Waals surface area contributed by atoms with Gasteiger partial charge < -0.3 is 0 Å². The molecule has 0 saturated heterocycles. The van der Waals surface area contributed by atoms with E-state index in [9.17, 15) is 4.39 Å². The normalized spacial score (nSPS) is 10.7. The van der Waals surface area contributed by atoms with Gasteiger partial charge in [-0.2, -0.15) is 0 Å². The summed E-state index contributed by atoms with van der Waals surface area (Å²) in [4.78, 5) is 0. The molecule has 0 bridgehead atoms. The lowest BCUT2D eigenvalue weighted by atomic mass is 10.2. The van der Waals surface area contributed by atoms with E-state index in [-0.39, 0.29) is 10.4 Å². The lowest BCUT2D eigenvalue weighted by Crippen LogP contribution is -1.91. The van der Waals surface area contributed by atoms with E-state index in [4.69, 9.17) is 0 Å². The van der Waals surface area contributed by atoms with Crippen LogP contribution in [0.1, 0.15) is 10.1 Å². The van der Waals surface area contributed by atoms with Crippen molar-refractivity contribution in [3.8, 4) is 0 Å². The lowest BCUT2D eigenvalue weighted by molar-refractivity contribution is 0.617. The first kappa shape index (κ1) is 9.93. The maximum Gasteiger partial charge on any atom is 0.128 e. The fourth-order valence-corrected chi connectivity index (χ4v) is 2.68. The first-order valence-corrected chi connectivity index (χ1v) is 6.17. The molecule has 0 fully saturated rings. The van der Waals surface area contributed by atoms with Gasteiger partial charge in [0.15, 0.2) is 0 Å². The van der Waals surface area contributed by atoms with Gasteiger partial charge in [0.1, 0.15) is 5.82 Å². The zero-order chi connectivity index (χ0) is 8.97. The number of benzene rings is 1. The van der Waals surface area contributed by atoms with E-state index in [0.717, 1.165) is 5.56 Å². The summed E-state index contributed by atoms with van der Waals surface area (Å²) in [6, 6.07) is 6.94. The molecule has 0 radical (unpaired) electrons. The Morgan fingerprint density at radius 2 is 1.75 bits per heavy atom. The van der Waals surface area contributed by atoms with Gasteiger partial charge >= 0.3 is 0 Å². The highest BCUT2D eigenvalue weighted by Gasteiger charge is 2.11. The second-order valence-electron chi connectivity index (χ2n) is 2.32. The molecule has 66 valence electrons. The summed E-state index contributed by atoms with van der Waals surface area (Å²) in [5, 5.41) is 0. The number of rotatable bonds is 3. The summed E-state index contributed by atoms with van der Waals surface area (Å²) in [6.07, 6.45) is 3.99. The highest BCUT2D eigenvalue weighted by Crippen LogP contribution is 2.36. The molecular formula is C9H11FS2. The average Bonchev–Trinajstić information content (AvgIpc) is 2.10. The summed E-state index contributed by atoms with van der Waals surface area (Å²) in [5.74, 6) is -0.105. The van der Waals surface area contributed by atoms with Gasteiger partial charge in [-0.3, -0.25) is 0 Å². The van der Waals surface area contributed by atoms with Crippen LogP contribution < -0.4 is 0 Å². The first-order chi connectivity index (χ1) is 5.79. The standard InChI is InChI=1S/C9H11FS2/c1-11-9(12-2)7-5-3-4-6-8(7)10/h3-6,9H,1-2H3. The van der Waals surface area contributed by atoms with Crippen molar-refractivity contribution < 1.29 is 4.39 Å². The molecule has 3 heteroatoms. The maximum atomic E-state index is 13.2. The van der Waals surface area contributed by atoms with Gasteiger partial charge in [0, 0.05) is 5.56 Å². The Hall–Kier alpha value is -0.150. The van der Waals surface area contributed by atoms with Crippen LogP contribution in [0.3, 0.4) is 0 Å². The summed E-state index contributed by atoms with van der Waals surface area (Å²) < 4.78 is 13.4. The van der Waals surface area contributed by atoms with Crippen molar-refractivity contribution in [2.75, 3.05) is 12.5 Å². The third-order valence-corrected chi connectivity index (χ3v) is 4.11. The fraction of sp³-hybridized carbons (Fsp3) is 0.333. The Morgan fingerprint density at radius 3 is 2.25 bits per heavy atom. The zero-order valence-electron chi connectivity index (χ0n) is 7.08. The van der Waals surface area contributed by atoms with Crippen molar-refractivity contribution in [1.82, 2.24) is 0 Å². The monoisotopic (exact) mass is 202 g/mol. The summed E-state index contributed by atoms with van der Waals surface area (Å²) >= 11 is 3.32. The molecule has 0 N–H and O–H groups in total. The van der Waals surface area contributed by atoms with E-state index in [2.05, 4.69) is 0 Å². The Balaban J connectivity index is 2.92. The van der Waals surface area contributed by atoms with Crippen LogP contribution in [0.15, 0.2) is 24.3 Å². The van der Waals surface area contributed by atoms with Gasteiger partial charge in [-0.15, -0.1) is 23.5 Å². The van der Waals surface area contributed by atoms with Crippen LogP contribution in [0.5, 0.6) is 0 Å². The first-order valence-electron chi connectivity index (χ1n) is 3.59. The minimum atomic E-state index is -0.105. The van der Waals surface area contributed by atoms with Gasteiger partial charge in [-0.1, -0.05) is 18.2 Å². The van der Waals surface area contributed by atoms with E-state index in [1.807, 2.05) is 24.6 Å². The fourth-order valence-electron chi connectivity index (χ4n) is 1.02. The Bertz CT molecular complexity index is 246. The van der Waals surface area contributed by atoms with Gasteiger partial charge in [0.25, 0.3) is 0 Å². The third-order valence-electron chi connectivity index (χ3n) is 1.59. The summed E-state index contributed by atoms with van der Waals surface area (Å²) in [6.45, 7) is 0. The molecule has 0 atom stereocenters. The predicted molar refractivity (Wildman–Crippen MR) is 56.2 cm³/mol. The van der Waals surface area contributed by atoms with Crippen molar-refractivity contribution in [3.05, 3.63) is 35.6 Å². The zero-order valence-corrected chi connectivity index (χ0v) is 8.71. The molecule has 0 spiro atoms. The molecule has 1 aromatic rings. The molecule has 0 saturated carbocycles. The molecule has 0 amide bonds. The minimum absolute atomic E-state index is 0.105. The van der Waals surface area contributed by atoms with Gasteiger partial charge in [-0.05, 0) is 18.6 Å². The lowest BCUT2D eigenvalue weighted by Gasteiger charge is -2.11. The molecule has 0 aliphatic heterocycles. The molecule has 0 aromatic heterocycles. The van der Waals surface area contributed by atoms with E-state index in [0.29, 0.717) is 0 Å². The van der Waals surface area contributed by atoms with E-state index in [1.54, 1.807) is 29.6 Å². The molecule has 0 nitrogen and oxygen atoms in total. The van der Waals surface area contributed by atoms with Crippen LogP contribution in [-0.2, 0) is 0 Å². The number of thioether (sulfide) groups is 2. The molecule has 0 unspecified atom stereocenters. The SMILES string of the molecule is CSC(SC)c1ccccc1F. The second kappa shape index (κ2) is 4.77. The van der Waals surface area contributed by atoms with E-state index in [1.165, 1.54) is 6.07 Å². The number of hydrogen-bond acceptors (Lipinski definition) is 2. The van der Waals surface area contributed by atoms with Gasteiger partial charge in [0.2, 0.25) is 0 Å². The largest absolute Gasteiger partial charge is 0.207 e. The van der Waals surface area contributed by atoms with Crippen molar-refractivity contribution in [2.24, 2.45) is 0 Å². The van der Waals surface area contributed by atoms with Crippen LogP contribution in [0.25, 0.3) is 0 Å². The van der Waals surface area contributed by atoms with Crippen molar-refractivity contribution >= 4 is 23.5 Å². The summed E-state index contributed by atoms with van der Waals surface area (Å²) in [5.41, 5.74) is 0.789. The van der Waals surface area contributed by atoms with Crippen molar-refractivity contribution in [2.45, 2.75) is 4.58 Å². The van der Waals surface area contributed by atoms with Crippen molar-refractivity contribution in [1.29, 1.82) is 0 Å². The van der Waals surface area contributed by atoms with Crippen LogP contribution >= 0.6 is 23.5 Å². The Kier molecular flexibility index (Phi) is 3.95. The Morgan fingerprint density at radius 1 is 1.17 bits per heavy atom. The average molecular weight is 202 g/mol. The molecule has 12 heavy (non-hydrogen) atoms. The van der Waals surface area contributed by atoms with Gasteiger partial charge in [-0.25, -0.2) is 4.39 Å². The molecule has 0 heterocycles. The van der Waals surface area contributed by atoms with Gasteiger partial charge in [0.05, 0.1) is 4.58 Å². The Labute approximate surface area is 80.9 Å². The minimum Gasteiger partial charge on any atom is -0.207 e. The molecule has 0 aliphatic rings. The maximum absolute atomic E-state index is 13.2. The quantitative estimate of drug-likeness (QED) is 0.687. The van der Waals surface area contributed by atoms with Crippen LogP contribution in [-0.4, -0.2) is 12.5 Å². The second-order valence-corrected chi connectivity index (χ2v) is 4.51. The molecule has 1 rings (SSSR count). The van der Waals surface area contributed by atoms with Crippen LogP contribution in [0.4, 0.5) is 4.39 Å². The molecule has 1 aromatic carbocycles. The number of hydrogen-bond donors (Lipinski definition) is 0. The summed E-state index contributed by atoms with van der Waals surface area (Å²) in [7, 11) is 0. The van der Waals surface area contributed by atoms with E-state index < -0.39 is 0 Å². The van der Waals surface area contributed by atoms with E-state index >= 15 is 0 Å². The highest BCUT2D eigenvalue weighted by atomic mass is 32.2. The number of halogens is 1. The molecule has 0 aliphatic carbocycles. The predicted octanol–water partition coefficient (Wildman–Crippen LogP) is 3.55.